The second kappa shape index (κ2) is 6.02. The molecular weight excluding hydrogens is 320 g/mol. The molecule has 0 aliphatic heterocycles. The van der Waals surface area contributed by atoms with E-state index in [4.69, 9.17) is 9.47 Å². The van der Waals surface area contributed by atoms with Crippen LogP contribution in [0.15, 0.2) is 54.6 Å². The summed E-state index contributed by atoms with van der Waals surface area (Å²) in [7, 11) is 3.35. The van der Waals surface area contributed by atoms with Crippen LogP contribution in [-0.4, -0.2) is 19.2 Å². The highest BCUT2D eigenvalue weighted by atomic mass is 32.1. The van der Waals surface area contributed by atoms with Crippen molar-refractivity contribution < 1.29 is 9.47 Å². The maximum absolute atomic E-state index is 5.45. The van der Waals surface area contributed by atoms with Crippen LogP contribution in [0.3, 0.4) is 0 Å². The molecule has 120 valence electrons. The smallest absolute Gasteiger partial charge is 0.188 e. The Bertz CT molecular complexity index is 1030. The van der Waals surface area contributed by atoms with E-state index in [1.54, 1.807) is 25.6 Å². The summed E-state index contributed by atoms with van der Waals surface area (Å²) < 4.78 is 11.8. The fourth-order valence-corrected chi connectivity index (χ4v) is 3.62. The van der Waals surface area contributed by atoms with Crippen LogP contribution >= 0.6 is 11.3 Å². The van der Waals surface area contributed by atoms with Crippen molar-refractivity contribution in [2.45, 2.75) is 0 Å². The van der Waals surface area contributed by atoms with Gasteiger partial charge in [-0.1, -0.05) is 35.6 Å². The Labute approximate surface area is 143 Å². The zero-order valence-corrected chi connectivity index (χ0v) is 14.2. The molecular formula is C19H16N2O2S. The number of hydrogen-bond donors (Lipinski definition) is 1. The number of fused-ring (bicyclic) bond motifs is 2. The number of benzene rings is 3. The molecule has 3 aromatic carbocycles. The highest BCUT2D eigenvalue weighted by Crippen LogP contribution is 2.35. The van der Waals surface area contributed by atoms with Crippen molar-refractivity contribution in [1.82, 2.24) is 4.98 Å². The summed E-state index contributed by atoms with van der Waals surface area (Å²) >= 11 is 1.62. The average molecular weight is 336 g/mol. The molecule has 0 aliphatic carbocycles. The van der Waals surface area contributed by atoms with E-state index in [1.165, 1.54) is 0 Å². The fourth-order valence-electron chi connectivity index (χ4n) is 2.76. The van der Waals surface area contributed by atoms with Crippen LogP contribution in [0.2, 0.25) is 0 Å². The third-order valence-corrected chi connectivity index (χ3v) is 4.89. The van der Waals surface area contributed by atoms with E-state index in [2.05, 4.69) is 22.4 Å². The molecule has 0 amide bonds. The standard InChI is InChI=1S/C19H16N2O2S/c1-22-12-7-10-18-16(11-12)21-19(24-18)20-15-8-9-17(23-2)14-6-4-3-5-13(14)15/h3-11H,1-2H3,(H,20,21). The van der Waals surface area contributed by atoms with E-state index in [9.17, 15) is 0 Å². The lowest BCUT2D eigenvalue weighted by Gasteiger charge is -2.10. The van der Waals surface area contributed by atoms with Crippen molar-refractivity contribution in [2.24, 2.45) is 0 Å². The minimum atomic E-state index is 0.814. The van der Waals surface area contributed by atoms with Crippen molar-refractivity contribution in [3.8, 4) is 11.5 Å². The van der Waals surface area contributed by atoms with Gasteiger partial charge in [-0.3, -0.25) is 0 Å². The van der Waals surface area contributed by atoms with Gasteiger partial charge in [-0.15, -0.1) is 0 Å². The normalized spacial score (nSPS) is 10.9. The molecule has 5 heteroatoms. The predicted octanol–water partition coefficient (Wildman–Crippen LogP) is 5.21. The Kier molecular flexibility index (Phi) is 3.70. The summed E-state index contributed by atoms with van der Waals surface area (Å²) in [6, 6.07) is 18.1. The molecule has 0 saturated carbocycles. The largest absolute Gasteiger partial charge is 0.497 e. The van der Waals surface area contributed by atoms with Crippen molar-refractivity contribution in [3.05, 3.63) is 54.6 Å². The number of hydrogen-bond acceptors (Lipinski definition) is 5. The van der Waals surface area contributed by atoms with E-state index in [0.29, 0.717) is 0 Å². The second-order valence-corrected chi connectivity index (χ2v) is 6.37. The van der Waals surface area contributed by atoms with Gasteiger partial charge in [0.2, 0.25) is 0 Å². The molecule has 0 saturated heterocycles. The van der Waals surface area contributed by atoms with Gasteiger partial charge in [-0.2, -0.15) is 0 Å². The first kappa shape index (κ1) is 14.8. The number of methoxy groups -OCH3 is 2. The van der Waals surface area contributed by atoms with Gasteiger partial charge in [0, 0.05) is 22.5 Å². The average Bonchev–Trinajstić information content (AvgIpc) is 3.03. The van der Waals surface area contributed by atoms with Crippen LogP contribution in [0.5, 0.6) is 11.5 Å². The summed E-state index contributed by atoms with van der Waals surface area (Å²) in [5.41, 5.74) is 1.94. The fraction of sp³-hybridized carbons (Fsp3) is 0.105. The lowest BCUT2D eigenvalue weighted by molar-refractivity contribution is 0.415. The number of rotatable bonds is 4. The van der Waals surface area contributed by atoms with Crippen molar-refractivity contribution in [3.63, 3.8) is 0 Å². The second-order valence-electron chi connectivity index (χ2n) is 5.34. The minimum Gasteiger partial charge on any atom is -0.497 e. The minimum absolute atomic E-state index is 0.814. The number of thiazole rings is 1. The van der Waals surface area contributed by atoms with E-state index in [-0.39, 0.29) is 0 Å². The van der Waals surface area contributed by atoms with Crippen LogP contribution in [0.1, 0.15) is 0 Å². The molecule has 4 nitrogen and oxygen atoms in total. The Balaban J connectivity index is 1.77. The molecule has 1 aromatic heterocycles. The van der Waals surface area contributed by atoms with Crippen LogP contribution in [0.25, 0.3) is 21.0 Å². The molecule has 4 rings (SSSR count). The van der Waals surface area contributed by atoms with Crippen molar-refractivity contribution >= 4 is 43.1 Å². The molecule has 4 aromatic rings. The highest BCUT2D eigenvalue weighted by molar-refractivity contribution is 7.22. The Morgan fingerprint density at radius 3 is 2.54 bits per heavy atom. The molecule has 1 N–H and O–H groups in total. The lowest BCUT2D eigenvalue weighted by Crippen LogP contribution is -1.92. The first-order valence-electron chi connectivity index (χ1n) is 7.56. The molecule has 0 bridgehead atoms. The maximum Gasteiger partial charge on any atom is 0.188 e. The first-order valence-corrected chi connectivity index (χ1v) is 8.37. The Morgan fingerprint density at radius 1 is 0.917 bits per heavy atom. The number of aromatic nitrogens is 1. The Morgan fingerprint density at radius 2 is 1.75 bits per heavy atom. The lowest BCUT2D eigenvalue weighted by atomic mass is 10.1. The molecule has 0 atom stereocenters. The van der Waals surface area contributed by atoms with Gasteiger partial charge >= 0.3 is 0 Å². The molecule has 0 spiro atoms. The monoisotopic (exact) mass is 336 g/mol. The van der Waals surface area contributed by atoms with Crippen LogP contribution in [0.4, 0.5) is 10.8 Å². The van der Waals surface area contributed by atoms with Gasteiger partial charge in [0.25, 0.3) is 0 Å². The number of anilines is 2. The SMILES string of the molecule is COc1ccc2sc(Nc3ccc(OC)c4ccccc34)nc2c1. The number of ether oxygens (including phenoxy) is 2. The van der Waals surface area contributed by atoms with Gasteiger partial charge < -0.3 is 14.8 Å². The Hall–Kier alpha value is -2.79. The number of nitrogens with one attached hydrogen (secondary N) is 1. The van der Waals surface area contributed by atoms with Crippen LogP contribution in [0, 0.1) is 0 Å². The quantitative estimate of drug-likeness (QED) is 0.555. The van der Waals surface area contributed by atoms with Crippen molar-refractivity contribution in [1.29, 1.82) is 0 Å². The van der Waals surface area contributed by atoms with Crippen molar-refractivity contribution in [2.75, 3.05) is 19.5 Å². The summed E-state index contributed by atoms with van der Waals surface area (Å²) in [6.07, 6.45) is 0. The third kappa shape index (κ3) is 2.53. The summed E-state index contributed by atoms with van der Waals surface area (Å²) in [6.45, 7) is 0. The highest BCUT2D eigenvalue weighted by Gasteiger charge is 2.09. The molecule has 1 heterocycles. The topological polar surface area (TPSA) is 43.4 Å². The van der Waals surface area contributed by atoms with Gasteiger partial charge in [-0.25, -0.2) is 4.98 Å². The van der Waals surface area contributed by atoms with Crippen LogP contribution < -0.4 is 14.8 Å². The van der Waals surface area contributed by atoms with E-state index in [1.807, 2.05) is 42.5 Å². The van der Waals surface area contributed by atoms with E-state index in [0.717, 1.165) is 43.3 Å². The van der Waals surface area contributed by atoms with Gasteiger partial charge in [0.15, 0.2) is 5.13 Å². The zero-order chi connectivity index (χ0) is 16.5. The molecule has 0 radical (unpaired) electrons. The molecule has 0 unspecified atom stereocenters. The third-order valence-electron chi connectivity index (χ3n) is 3.94. The predicted molar refractivity (Wildman–Crippen MR) is 100.0 cm³/mol. The van der Waals surface area contributed by atoms with Gasteiger partial charge in [-0.05, 0) is 24.3 Å². The number of nitrogens with zero attached hydrogens (tertiary/aromatic N) is 1. The summed E-state index contributed by atoms with van der Waals surface area (Å²) in [5, 5.41) is 6.47. The summed E-state index contributed by atoms with van der Waals surface area (Å²) in [4.78, 5) is 4.66. The maximum atomic E-state index is 5.45. The van der Waals surface area contributed by atoms with Gasteiger partial charge in [0.05, 0.1) is 24.4 Å². The molecule has 24 heavy (non-hydrogen) atoms. The summed E-state index contributed by atoms with van der Waals surface area (Å²) in [5.74, 6) is 1.68. The van der Waals surface area contributed by atoms with Crippen LogP contribution in [-0.2, 0) is 0 Å². The van der Waals surface area contributed by atoms with E-state index >= 15 is 0 Å². The first-order chi connectivity index (χ1) is 11.8. The zero-order valence-electron chi connectivity index (χ0n) is 13.4. The molecule has 0 fully saturated rings. The van der Waals surface area contributed by atoms with Gasteiger partial charge in [0.1, 0.15) is 11.5 Å². The molecule has 0 aliphatic rings. The van der Waals surface area contributed by atoms with E-state index < -0.39 is 0 Å².